The minimum atomic E-state index is -0.502. The fourth-order valence-electron chi connectivity index (χ4n) is 3.89. The monoisotopic (exact) mass is 281 g/mol. The van der Waals surface area contributed by atoms with E-state index in [1.807, 2.05) is 7.05 Å². The van der Waals surface area contributed by atoms with E-state index in [2.05, 4.69) is 24.1 Å². The zero-order valence-electron chi connectivity index (χ0n) is 13.4. The number of primary amides is 1. The van der Waals surface area contributed by atoms with Gasteiger partial charge in [0, 0.05) is 6.54 Å². The van der Waals surface area contributed by atoms with Crippen molar-refractivity contribution in [2.45, 2.75) is 57.9 Å². The summed E-state index contributed by atoms with van der Waals surface area (Å²) in [5.74, 6) is 0.263. The molecule has 116 valence electrons. The molecule has 2 fully saturated rings. The van der Waals surface area contributed by atoms with Crippen LogP contribution in [0.15, 0.2) is 0 Å². The number of hydrogen-bond acceptors (Lipinski definition) is 3. The van der Waals surface area contributed by atoms with E-state index < -0.39 is 5.54 Å². The lowest BCUT2D eigenvalue weighted by molar-refractivity contribution is -0.126. The lowest BCUT2D eigenvalue weighted by atomic mass is 9.74. The Balaban J connectivity index is 1.98. The second-order valence-electron chi connectivity index (χ2n) is 6.84. The van der Waals surface area contributed by atoms with Gasteiger partial charge >= 0.3 is 0 Å². The second-order valence-corrected chi connectivity index (χ2v) is 6.84. The Bertz CT molecular complexity index is 340. The van der Waals surface area contributed by atoms with E-state index in [1.54, 1.807) is 0 Å². The summed E-state index contributed by atoms with van der Waals surface area (Å²) in [6, 6.07) is 0. The Morgan fingerprint density at radius 3 is 2.20 bits per heavy atom. The van der Waals surface area contributed by atoms with E-state index in [0.717, 1.165) is 32.5 Å². The summed E-state index contributed by atoms with van der Waals surface area (Å²) in [5.41, 5.74) is 5.75. The molecule has 4 heteroatoms. The Labute approximate surface area is 123 Å². The molecule has 0 aromatic heterocycles. The van der Waals surface area contributed by atoms with Crippen LogP contribution in [-0.2, 0) is 4.79 Å². The first-order valence-corrected chi connectivity index (χ1v) is 8.23. The molecule has 1 amide bonds. The molecule has 1 heterocycles. The van der Waals surface area contributed by atoms with Gasteiger partial charge in [-0.15, -0.1) is 0 Å². The van der Waals surface area contributed by atoms with E-state index in [0.29, 0.717) is 11.3 Å². The third-order valence-corrected chi connectivity index (χ3v) is 6.05. The molecule has 0 spiro atoms. The minimum absolute atomic E-state index is 0.176. The number of likely N-dealkylation sites (N-methyl/N-ethyl adjacent to an activating group) is 1. The van der Waals surface area contributed by atoms with Crippen LogP contribution in [0.4, 0.5) is 0 Å². The van der Waals surface area contributed by atoms with Gasteiger partial charge in [-0.3, -0.25) is 4.79 Å². The molecule has 1 aliphatic heterocycles. The van der Waals surface area contributed by atoms with Crippen LogP contribution in [0.5, 0.6) is 0 Å². The summed E-state index contributed by atoms with van der Waals surface area (Å²) in [4.78, 5) is 14.4. The summed E-state index contributed by atoms with van der Waals surface area (Å²) in [7, 11) is 1.88. The lowest BCUT2D eigenvalue weighted by Gasteiger charge is -2.44. The van der Waals surface area contributed by atoms with Gasteiger partial charge < -0.3 is 16.0 Å². The molecule has 4 nitrogen and oxygen atoms in total. The van der Waals surface area contributed by atoms with Gasteiger partial charge in [0.1, 0.15) is 5.54 Å². The largest absolute Gasteiger partial charge is 0.368 e. The standard InChI is InChI=1S/C16H31N3O/c1-4-15(5-2)8-10-19(11-9-15)12-16(18-3,14(17)20)13-6-7-13/h13,18H,4-12H2,1-3H3,(H2,17,20). The number of nitrogens with two attached hydrogens (primary N) is 1. The Morgan fingerprint density at radius 2 is 1.85 bits per heavy atom. The van der Waals surface area contributed by atoms with Crippen molar-refractivity contribution in [2.24, 2.45) is 17.1 Å². The predicted octanol–water partition coefficient (Wildman–Crippen LogP) is 1.74. The van der Waals surface area contributed by atoms with Crippen molar-refractivity contribution in [3.63, 3.8) is 0 Å². The van der Waals surface area contributed by atoms with Gasteiger partial charge in [0.05, 0.1) is 0 Å². The number of likely N-dealkylation sites (tertiary alicyclic amines) is 1. The van der Waals surface area contributed by atoms with E-state index in [-0.39, 0.29) is 5.91 Å². The number of nitrogens with one attached hydrogen (secondary N) is 1. The highest BCUT2D eigenvalue weighted by molar-refractivity contribution is 5.86. The quantitative estimate of drug-likeness (QED) is 0.747. The molecule has 1 saturated heterocycles. The first kappa shape index (κ1) is 15.8. The molecule has 1 unspecified atom stereocenters. The van der Waals surface area contributed by atoms with Crippen LogP contribution in [0.2, 0.25) is 0 Å². The Hall–Kier alpha value is -0.610. The molecule has 2 rings (SSSR count). The molecule has 0 aromatic carbocycles. The van der Waals surface area contributed by atoms with Crippen LogP contribution in [-0.4, -0.2) is 43.0 Å². The molecular formula is C16H31N3O. The number of carbonyl (C=O) groups excluding carboxylic acids is 1. The third-order valence-electron chi connectivity index (χ3n) is 6.05. The van der Waals surface area contributed by atoms with E-state index in [9.17, 15) is 4.79 Å². The summed E-state index contributed by atoms with van der Waals surface area (Å²) in [5, 5.41) is 3.26. The van der Waals surface area contributed by atoms with Crippen LogP contribution in [0, 0.1) is 11.3 Å². The number of rotatable bonds is 7. The molecule has 1 atom stereocenters. The van der Waals surface area contributed by atoms with E-state index in [1.165, 1.54) is 25.7 Å². The molecule has 0 radical (unpaired) electrons. The van der Waals surface area contributed by atoms with Crippen LogP contribution in [0.25, 0.3) is 0 Å². The van der Waals surface area contributed by atoms with E-state index >= 15 is 0 Å². The fraction of sp³-hybridized carbons (Fsp3) is 0.938. The molecule has 20 heavy (non-hydrogen) atoms. The smallest absolute Gasteiger partial charge is 0.239 e. The van der Waals surface area contributed by atoms with Crippen molar-refractivity contribution in [3.8, 4) is 0 Å². The Morgan fingerprint density at radius 1 is 1.30 bits per heavy atom. The lowest BCUT2D eigenvalue weighted by Crippen LogP contribution is -2.63. The highest BCUT2D eigenvalue weighted by atomic mass is 16.1. The topological polar surface area (TPSA) is 58.4 Å². The first-order valence-electron chi connectivity index (χ1n) is 8.23. The predicted molar refractivity (Wildman–Crippen MR) is 82.4 cm³/mol. The zero-order chi connectivity index (χ0) is 14.8. The summed E-state index contributed by atoms with van der Waals surface area (Å²) in [6.07, 6.45) is 7.31. The van der Waals surface area contributed by atoms with Crippen molar-refractivity contribution in [2.75, 3.05) is 26.7 Å². The van der Waals surface area contributed by atoms with Crippen molar-refractivity contribution < 1.29 is 4.79 Å². The maximum atomic E-state index is 12.0. The highest BCUT2D eigenvalue weighted by Crippen LogP contribution is 2.42. The fourth-order valence-corrected chi connectivity index (χ4v) is 3.89. The molecule has 1 saturated carbocycles. The highest BCUT2D eigenvalue weighted by Gasteiger charge is 2.50. The van der Waals surface area contributed by atoms with Crippen LogP contribution >= 0.6 is 0 Å². The van der Waals surface area contributed by atoms with Crippen LogP contribution in [0.1, 0.15) is 52.4 Å². The maximum absolute atomic E-state index is 12.0. The summed E-state index contributed by atoms with van der Waals surface area (Å²) in [6.45, 7) is 7.61. The number of nitrogens with zero attached hydrogens (tertiary/aromatic N) is 1. The average Bonchev–Trinajstić information content (AvgIpc) is 3.30. The number of piperidine rings is 1. The van der Waals surface area contributed by atoms with Gasteiger partial charge in [0.15, 0.2) is 0 Å². The van der Waals surface area contributed by atoms with Gasteiger partial charge in [-0.2, -0.15) is 0 Å². The van der Waals surface area contributed by atoms with Crippen molar-refractivity contribution in [1.29, 1.82) is 0 Å². The summed E-state index contributed by atoms with van der Waals surface area (Å²) < 4.78 is 0. The van der Waals surface area contributed by atoms with Gasteiger partial charge in [-0.05, 0) is 57.2 Å². The van der Waals surface area contributed by atoms with Crippen molar-refractivity contribution in [1.82, 2.24) is 10.2 Å². The maximum Gasteiger partial charge on any atom is 0.239 e. The number of hydrogen-bond donors (Lipinski definition) is 2. The average molecular weight is 281 g/mol. The van der Waals surface area contributed by atoms with Gasteiger partial charge in [-0.25, -0.2) is 0 Å². The zero-order valence-corrected chi connectivity index (χ0v) is 13.4. The minimum Gasteiger partial charge on any atom is -0.368 e. The molecular weight excluding hydrogens is 250 g/mol. The van der Waals surface area contributed by atoms with Crippen LogP contribution < -0.4 is 11.1 Å². The third kappa shape index (κ3) is 2.86. The summed E-state index contributed by atoms with van der Waals surface area (Å²) >= 11 is 0. The van der Waals surface area contributed by atoms with Crippen molar-refractivity contribution in [3.05, 3.63) is 0 Å². The molecule has 2 aliphatic rings. The normalized spacial score (nSPS) is 26.1. The number of carbonyl (C=O) groups is 1. The second kappa shape index (κ2) is 6.02. The van der Waals surface area contributed by atoms with E-state index in [4.69, 9.17) is 5.73 Å². The molecule has 0 aromatic rings. The van der Waals surface area contributed by atoms with Gasteiger partial charge in [0.25, 0.3) is 0 Å². The number of amides is 1. The molecule has 3 N–H and O–H groups in total. The van der Waals surface area contributed by atoms with Gasteiger partial charge in [0.2, 0.25) is 5.91 Å². The van der Waals surface area contributed by atoms with Crippen molar-refractivity contribution >= 4 is 5.91 Å². The van der Waals surface area contributed by atoms with Gasteiger partial charge in [-0.1, -0.05) is 26.7 Å². The van der Waals surface area contributed by atoms with Crippen LogP contribution in [0.3, 0.4) is 0 Å². The SMILES string of the molecule is CCC1(CC)CCN(CC(NC)(C(N)=O)C2CC2)CC1. The first-order chi connectivity index (χ1) is 9.52. The Kier molecular flexibility index (Phi) is 4.75. The molecule has 1 aliphatic carbocycles. The molecule has 0 bridgehead atoms.